The molecule has 0 bridgehead atoms. The lowest BCUT2D eigenvalue weighted by Crippen LogP contribution is -2.39. The van der Waals surface area contributed by atoms with Gasteiger partial charge in [0.05, 0.1) is 25.0 Å². The van der Waals surface area contributed by atoms with Crippen molar-refractivity contribution in [3.8, 4) is 0 Å². The van der Waals surface area contributed by atoms with Gasteiger partial charge < -0.3 is 14.7 Å². The van der Waals surface area contributed by atoms with Crippen molar-refractivity contribution < 1.29 is 14.7 Å². The van der Waals surface area contributed by atoms with E-state index in [-0.39, 0.29) is 12.7 Å². The van der Waals surface area contributed by atoms with Gasteiger partial charge in [0.25, 0.3) is 0 Å². The molecule has 3 rings (SSSR count). The molecule has 2 aromatic rings. The first-order valence-corrected chi connectivity index (χ1v) is 9.65. The van der Waals surface area contributed by atoms with Crippen LogP contribution in [0.25, 0.3) is 0 Å². The van der Waals surface area contributed by atoms with Gasteiger partial charge >= 0.3 is 0 Å². The molecule has 0 aromatic heterocycles. The molecule has 0 saturated carbocycles. The number of hydrogen-bond donors (Lipinski definition) is 1. The first-order valence-electron chi connectivity index (χ1n) is 9.65. The molecule has 1 N–H and O–H groups in total. The van der Waals surface area contributed by atoms with Gasteiger partial charge in [0.1, 0.15) is 6.10 Å². The molecule has 0 radical (unpaired) electrons. The zero-order valence-electron chi connectivity index (χ0n) is 16.1. The van der Waals surface area contributed by atoms with Crippen LogP contribution in [0.2, 0.25) is 0 Å². The molecule has 0 saturated heterocycles. The molecule has 5 heteroatoms. The van der Waals surface area contributed by atoms with Crippen LogP contribution in [-0.4, -0.2) is 54.2 Å². The third-order valence-corrected chi connectivity index (χ3v) is 4.57. The van der Waals surface area contributed by atoms with E-state index in [4.69, 9.17) is 9.57 Å². The molecule has 0 amide bonds. The second-order valence-electron chi connectivity index (χ2n) is 7.00. The summed E-state index contributed by atoms with van der Waals surface area (Å²) in [6, 6.07) is 20.4. The van der Waals surface area contributed by atoms with E-state index in [1.165, 1.54) is 5.56 Å². The van der Waals surface area contributed by atoms with Crippen LogP contribution in [0.1, 0.15) is 17.5 Å². The van der Waals surface area contributed by atoms with E-state index < -0.39 is 6.10 Å². The van der Waals surface area contributed by atoms with Crippen LogP contribution >= 0.6 is 0 Å². The fourth-order valence-corrected chi connectivity index (χ4v) is 3.30. The Morgan fingerprint density at radius 1 is 1.18 bits per heavy atom. The van der Waals surface area contributed by atoms with Crippen molar-refractivity contribution in [1.82, 2.24) is 4.90 Å². The highest BCUT2D eigenvalue weighted by Crippen LogP contribution is 2.18. The van der Waals surface area contributed by atoms with Crippen molar-refractivity contribution in [2.24, 2.45) is 5.16 Å². The molecule has 2 aromatic carbocycles. The van der Waals surface area contributed by atoms with E-state index in [9.17, 15) is 5.11 Å². The molecular formula is C23H28N2O3. The summed E-state index contributed by atoms with van der Waals surface area (Å²) in [6.07, 6.45) is 1.85. The number of oxime groups is 1. The first-order chi connectivity index (χ1) is 13.7. The van der Waals surface area contributed by atoms with Gasteiger partial charge in [-0.2, -0.15) is 0 Å². The SMILES string of the molecule is C=CCOC[C@H](O)CN(Cc1ccccc1)C[C@@H]1CC(c2ccccc2)=NO1. The van der Waals surface area contributed by atoms with Gasteiger partial charge in [0, 0.05) is 26.1 Å². The van der Waals surface area contributed by atoms with Crippen molar-refractivity contribution in [1.29, 1.82) is 0 Å². The Labute approximate surface area is 166 Å². The molecule has 0 aliphatic carbocycles. The fourth-order valence-electron chi connectivity index (χ4n) is 3.30. The number of aliphatic hydroxyl groups excluding tert-OH is 1. The maximum absolute atomic E-state index is 10.4. The van der Waals surface area contributed by atoms with E-state index >= 15 is 0 Å². The van der Waals surface area contributed by atoms with Gasteiger partial charge in [-0.3, -0.25) is 4.90 Å². The molecule has 1 aliphatic rings. The molecule has 0 fully saturated rings. The zero-order chi connectivity index (χ0) is 19.6. The zero-order valence-corrected chi connectivity index (χ0v) is 16.1. The van der Waals surface area contributed by atoms with Crippen LogP contribution in [0.3, 0.4) is 0 Å². The molecule has 0 unspecified atom stereocenters. The molecule has 148 valence electrons. The van der Waals surface area contributed by atoms with Crippen LogP contribution in [0.5, 0.6) is 0 Å². The van der Waals surface area contributed by atoms with E-state index in [1.807, 2.05) is 48.5 Å². The molecule has 0 spiro atoms. The Bertz CT molecular complexity index is 749. The third-order valence-electron chi connectivity index (χ3n) is 4.57. The Morgan fingerprint density at radius 3 is 2.61 bits per heavy atom. The second kappa shape index (κ2) is 10.8. The van der Waals surface area contributed by atoms with Crippen LogP contribution in [0.15, 0.2) is 78.5 Å². The average Bonchev–Trinajstić information content (AvgIpc) is 3.18. The molecule has 1 heterocycles. The first kappa shape index (κ1) is 20.3. The quantitative estimate of drug-likeness (QED) is 0.480. The molecule has 28 heavy (non-hydrogen) atoms. The number of benzene rings is 2. The maximum Gasteiger partial charge on any atom is 0.145 e. The number of ether oxygens (including phenoxy) is 1. The van der Waals surface area contributed by atoms with E-state index in [1.54, 1.807) is 6.08 Å². The Kier molecular flexibility index (Phi) is 7.79. The van der Waals surface area contributed by atoms with Gasteiger partial charge in [0.2, 0.25) is 0 Å². The summed E-state index contributed by atoms with van der Waals surface area (Å²) in [5.41, 5.74) is 3.27. The lowest BCUT2D eigenvalue weighted by molar-refractivity contribution is 0.00336. The lowest BCUT2D eigenvalue weighted by atomic mass is 10.0. The van der Waals surface area contributed by atoms with Gasteiger partial charge in [-0.15, -0.1) is 6.58 Å². The highest BCUT2D eigenvalue weighted by molar-refractivity contribution is 6.01. The summed E-state index contributed by atoms with van der Waals surface area (Å²) >= 11 is 0. The highest BCUT2D eigenvalue weighted by atomic mass is 16.6. The number of rotatable bonds is 11. The Morgan fingerprint density at radius 2 is 1.89 bits per heavy atom. The standard InChI is InChI=1S/C23H28N2O3/c1-2-13-27-18-21(26)16-25(15-19-9-5-3-6-10-19)17-22-14-23(24-28-22)20-11-7-4-8-12-20/h2-12,21-22,26H,1,13-18H2/t21-,22+/m1/s1. The maximum atomic E-state index is 10.4. The predicted molar refractivity (Wildman–Crippen MR) is 111 cm³/mol. The minimum atomic E-state index is -0.570. The molecule has 2 atom stereocenters. The van der Waals surface area contributed by atoms with Gasteiger partial charge in [-0.05, 0) is 11.1 Å². The summed E-state index contributed by atoms with van der Waals surface area (Å²) in [4.78, 5) is 7.89. The predicted octanol–water partition coefficient (Wildman–Crippen LogP) is 3.25. The lowest BCUT2D eigenvalue weighted by Gasteiger charge is -2.27. The molecule has 1 aliphatic heterocycles. The summed E-state index contributed by atoms with van der Waals surface area (Å²) < 4.78 is 5.39. The van der Waals surface area contributed by atoms with Gasteiger partial charge in [-0.1, -0.05) is 71.9 Å². The van der Waals surface area contributed by atoms with Gasteiger partial charge in [-0.25, -0.2) is 0 Å². The van der Waals surface area contributed by atoms with Crippen molar-refractivity contribution in [2.75, 3.05) is 26.3 Å². The van der Waals surface area contributed by atoms with Crippen LogP contribution < -0.4 is 0 Å². The normalized spacial score (nSPS) is 17.2. The van der Waals surface area contributed by atoms with Crippen LogP contribution in [0, 0.1) is 0 Å². The molecule has 5 nitrogen and oxygen atoms in total. The third kappa shape index (κ3) is 6.30. The van der Waals surface area contributed by atoms with Gasteiger partial charge in [0.15, 0.2) is 0 Å². The summed E-state index contributed by atoms with van der Waals surface area (Å²) in [7, 11) is 0. The number of aliphatic hydroxyl groups is 1. The average molecular weight is 380 g/mol. The topological polar surface area (TPSA) is 54.3 Å². The fraction of sp³-hybridized carbons (Fsp3) is 0.348. The Hall–Kier alpha value is -2.47. The molecular weight excluding hydrogens is 352 g/mol. The van der Waals surface area contributed by atoms with Crippen molar-refractivity contribution in [3.05, 3.63) is 84.4 Å². The number of nitrogens with zero attached hydrogens (tertiary/aromatic N) is 2. The van der Waals surface area contributed by atoms with Crippen LogP contribution in [-0.2, 0) is 16.1 Å². The van der Waals surface area contributed by atoms with Crippen molar-refractivity contribution in [2.45, 2.75) is 25.2 Å². The summed E-state index contributed by atoms with van der Waals surface area (Å²) in [5, 5.41) is 14.6. The van der Waals surface area contributed by atoms with Crippen molar-refractivity contribution in [3.63, 3.8) is 0 Å². The van der Waals surface area contributed by atoms with E-state index in [2.05, 4.69) is 28.8 Å². The highest BCUT2D eigenvalue weighted by Gasteiger charge is 2.25. The number of hydrogen-bond acceptors (Lipinski definition) is 5. The summed E-state index contributed by atoms with van der Waals surface area (Å²) in [5.74, 6) is 0. The van der Waals surface area contributed by atoms with Crippen molar-refractivity contribution >= 4 is 5.71 Å². The smallest absolute Gasteiger partial charge is 0.145 e. The summed E-state index contributed by atoms with van der Waals surface area (Å²) in [6.45, 7) is 6.29. The second-order valence-corrected chi connectivity index (χ2v) is 7.00. The van der Waals surface area contributed by atoms with E-state index in [0.717, 1.165) is 24.2 Å². The van der Waals surface area contributed by atoms with Crippen LogP contribution in [0.4, 0.5) is 0 Å². The minimum absolute atomic E-state index is 0.0276. The minimum Gasteiger partial charge on any atom is -0.390 e. The Balaban J connectivity index is 1.58. The van der Waals surface area contributed by atoms with E-state index in [0.29, 0.717) is 19.7 Å². The largest absolute Gasteiger partial charge is 0.390 e. The monoisotopic (exact) mass is 380 g/mol.